The Kier molecular flexibility index (Phi) is 2.61. The molecule has 0 bridgehead atoms. The predicted molar refractivity (Wildman–Crippen MR) is 183 cm³/mol. The van der Waals surface area contributed by atoms with Crippen LogP contribution in [0.2, 0.25) is 0 Å². The maximum absolute atomic E-state index is 9.45. The molecule has 8 aromatic carbocycles. The van der Waals surface area contributed by atoms with Gasteiger partial charge < -0.3 is 4.42 Å². The van der Waals surface area contributed by atoms with Crippen LogP contribution in [0.25, 0.3) is 87.6 Å². The minimum Gasteiger partial charge on any atom is -0.456 e. The molecule has 0 radical (unpaired) electrons. The highest BCUT2D eigenvalue weighted by molar-refractivity contribution is 6.23. The van der Waals surface area contributed by atoms with Crippen LogP contribution >= 0.6 is 0 Å². The summed E-state index contributed by atoms with van der Waals surface area (Å²) in [6, 6.07) is -3.09. The molecule has 0 amide bonds. The van der Waals surface area contributed by atoms with E-state index in [1.165, 1.54) is 0 Å². The van der Waals surface area contributed by atoms with E-state index in [0.29, 0.717) is 11.2 Å². The van der Waals surface area contributed by atoms with Gasteiger partial charge in [-0.25, -0.2) is 0 Å². The zero-order chi connectivity index (χ0) is 44.9. The van der Waals surface area contributed by atoms with Crippen LogP contribution in [-0.4, -0.2) is 0 Å². The van der Waals surface area contributed by atoms with Gasteiger partial charge in [0.2, 0.25) is 0 Å². The van der Waals surface area contributed by atoms with Crippen LogP contribution in [0.4, 0.5) is 0 Å². The van der Waals surface area contributed by atoms with Crippen LogP contribution in [0.15, 0.2) is 162 Å². The number of hydrogen-bond donors (Lipinski definition) is 0. The SMILES string of the molecule is [2H]c1c([2H])c(-c2c3c([2H])c([2H])c([2H])c([2H])c3c(-c3c([2H])c([2H])c([2H])c4c([2H])c([2H])c([2H])c([2H])c34)c3c([2H])c([2H])c([2H])c([2H])c23)c([2H])c([2H])c1-c1ccc2c(c1)oc1ccccc12. The third-order valence-electron chi connectivity index (χ3n) is 7.48. The van der Waals surface area contributed by atoms with Crippen molar-refractivity contribution in [2.24, 2.45) is 0 Å². The standard InChI is InChI=1S/C42H26O/c1-2-12-31-28(10-1)11-9-18-34(31)42-37-16-5-3-14-35(37)41(36-15-4-6-17-38(36)42)29-22-20-27(21-23-29)30-24-25-33-32-13-7-8-19-39(32)43-40(33)26-30/h1-26H/i1D,2D,3D,4D,5D,6D,9D,10D,11D,12D,14D,15D,16D,17D,18D,20D,21D,22D,23D. The minimum absolute atomic E-state index is 0.168. The van der Waals surface area contributed by atoms with Gasteiger partial charge in [-0.2, -0.15) is 0 Å². The van der Waals surface area contributed by atoms with Gasteiger partial charge in [-0.15, -0.1) is 0 Å². The molecule has 9 rings (SSSR count). The van der Waals surface area contributed by atoms with Gasteiger partial charge in [-0.05, 0) is 83.9 Å². The van der Waals surface area contributed by atoms with Crippen LogP contribution in [0.5, 0.6) is 0 Å². The highest BCUT2D eigenvalue weighted by atomic mass is 16.3. The van der Waals surface area contributed by atoms with Crippen molar-refractivity contribution < 1.29 is 30.5 Å². The average Bonchev–Trinajstić information content (AvgIpc) is 3.63. The average molecular weight is 566 g/mol. The summed E-state index contributed by atoms with van der Waals surface area (Å²) in [5, 5.41) is -1.79. The summed E-state index contributed by atoms with van der Waals surface area (Å²) in [7, 11) is 0. The van der Waals surface area contributed by atoms with Gasteiger partial charge >= 0.3 is 0 Å². The molecule has 0 saturated heterocycles. The summed E-state index contributed by atoms with van der Waals surface area (Å²) in [4.78, 5) is 0. The van der Waals surface area contributed by atoms with Crippen LogP contribution < -0.4 is 0 Å². The lowest BCUT2D eigenvalue weighted by Gasteiger charge is -2.19. The third kappa shape index (κ3) is 3.72. The molecular formula is C42H26O. The largest absolute Gasteiger partial charge is 0.456 e. The van der Waals surface area contributed by atoms with E-state index >= 15 is 0 Å². The molecule has 1 heterocycles. The van der Waals surface area contributed by atoms with E-state index in [1.807, 2.05) is 12.1 Å². The van der Waals surface area contributed by atoms with Gasteiger partial charge in [0.15, 0.2) is 0 Å². The summed E-state index contributed by atoms with van der Waals surface area (Å²) >= 11 is 0. The third-order valence-corrected chi connectivity index (χ3v) is 7.48. The van der Waals surface area contributed by atoms with Gasteiger partial charge in [0.05, 0.1) is 26.0 Å². The summed E-state index contributed by atoms with van der Waals surface area (Å²) in [5.41, 5.74) is -1.25. The Labute approximate surface area is 275 Å². The van der Waals surface area contributed by atoms with Crippen LogP contribution in [0.3, 0.4) is 0 Å². The molecule has 1 nitrogen and oxygen atoms in total. The summed E-state index contributed by atoms with van der Waals surface area (Å²) < 4.78 is 177. The zero-order valence-electron chi connectivity index (χ0n) is 40.9. The lowest BCUT2D eigenvalue weighted by molar-refractivity contribution is 0.669. The normalized spacial score (nSPS) is 17.9. The fourth-order valence-corrected chi connectivity index (χ4v) is 5.59. The summed E-state index contributed by atoms with van der Waals surface area (Å²) in [6.07, 6.45) is 0. The van der Waals surface area contributed by atoms with E-state index in [0.717, 1.165) is 10.8 Å². The number of hydrogen-bond acceptors (Lipinski definition) is 1. The summed E-state index contributed by atoms with van der Waals surface area (Å²) in [6.45, 7) is 0. The van der Waals surface area contributed by atoms with E-state index in [1.54, 1.807) is 30.3 Å². The molecule has 43 heavy (non-hydrogen) atoms. The minimum atomic E-state index is -0.869. The molecule has 9 aromatic rings. The Morgan fingerprint density at radius 2 is 0.977 bits per heavy atom. The van der Waals surface area contributed by atoms with Crippen molar-refractivity contribution in [2.45, 2.75) is 0 Å². The van der Waals surface area contributed by atoms with Gasteiger partial charge in [0.1, 0.15) is 11.2 Å². The molecule has 0 aliphatic carbocycles. The molecule has 200 valence electrons. The second-order valence-electron chi connectivity index (χ2n) is 9.81. The first-order chi connectivity index (χ1) is 29.2. The molecule has 1 aromatic heterocycles. The Morgan fingerprint density at radius 1 is 0.395 bits per heavy atom. The second kappa shape index (κ2) is 9.44. The molecule has 0 unspecified atom stereocenters. The monoisotopic (exact) mass is 565 g/mol. The first-order valence-corrected chi connectivity index (χ1v) is 13.2. The highest BCUT2D eigenvalue weighted by Crippen LogP contribution is 2.45. The van der Waals surface area contributed by atoms with Gasteiger partial charge in [-0.3, -0.25) is 0 Å². The Balaban J connectivity index is 1.53. The van der Waals surface area contributed by atoms with Crippen molar-refractivity contribution in [2.75, 3.05) is 0 Å². The van der Waals surface area contributed by atoms with Gasteiger partial charge in [-0.1, -0.05) is 139 Å². The Hall–Kier alpha value is -5.66. The molecule has 0 atom stereocenters. The molecule has 0 aliphatic heterocycles. The molecular weight excluding hydrogens is 520 g/mol. The first-order valence-electron chi connectivity index (χ1n) is 22.7. The van der Waals surface area contributed by atoms with Crippen molar-refractivity contribution in [1.82, 2.24) is 0 Å². The van der Waals surface area contributed by atoms with Crippen molar-refractivity contribution in [3.63, 3.8) is 0 Å². The highest BCUT2D eigenvalue weighted by Gasteiger charge is 2.18. The predicted octanol–water partition coefficient (Wildman–Crippen LogP) is 12.0. The fraction of sp³-hybridized carbons (Fsp3) is 0. The van der Waals surface area contributed by atoms with Crippen LogP contribution in [0.1, 0.15) is 26.0 Å². The van der Waals surface area contributed by atoms with Crippen LogP contribution in [0, 0.1) is 0 Å². The van der Waals surface area contributed by atoms with E-state index in [2.05, 4.69) is 0 Å². The number of rotatable bonds is 3. The zero-order valence-corrected chi connectivity index (χ0v) is 21.9. The van der Waals surface area contributed by atoms with Crippen molar-refractivity contribution >= 4 is 54.3 Å². The maximum atomic E-state index is 9.45. The lowest BCUT2D eigenvalue weighted by atomic mass is 9.84. The molecule has 0 N–H and O–H groups in total. The molecule has 0 aliphatic rings. The molecule has 0 fully saturated rings. The smallest absolute Gasteiger partial charge is 0.136 e. The van der Waals surface area contributed by atoms with Crippen LogP contribution in [-0.2, 0) is 0 Å². The lowest BCUT2D eigenvalue weighted by Crippen LogP contribution is -1.91. The molecule has 0 spiro atoms. The number of para-hydroxylation sites is 1. The molecule has 1 heteroatoms. The van der Waals surface area contributed by atoms with E-state index in [-0.39, 0.29) is 11.1 Å². The summed E-state index contributed by atoms with van der Waals surface area (Å²) in [5.74, 6) is 0. The van der Waals surface area contributed by atoms with Gasteiger partial charge in [0, 0.05) is 10.8 Å². The topological polar surface area (TPSA) is 13.1 Å². The number of fused-ring (bicyclic) bond motifs is 6. The van der Waals surface area contributed by atoms with Gasteiger partial charge in [0.25, 0.3) is 0 Å². The Bertz CT molecular complexity index is 3460. The quantitative estimate of drug-likeness (QED) is 0.194. The van der Waals surface area contributed by atoms with Crippen molar-refractivity contribution in [3.8, 4) is 33.4 Å². The van der Waals surface area contributed by atoms with Crippen molar-refractivity contribution in [3.05, 3.63) is 157 Å². The first kappa shape index (κ1) is 11.9. The number of benzene rings is 8. The number of furan rings is 1. The van der Waals surface area contributed by atoms with E-state index in [9.17, 15) is 12.3 Å². The fourth-order valence-electron chi connectivity index (χ4n) is 5.59. The van der Waals surface area contributed by atoms with E-state index < -0.39 is 169 Å². The molecule has 0 saturated carbocycles. The Morgan fingerprint density at radius 3 is 1.72 bits per heavy atom. The second-order valence-corrected chi connectivity index (χ2v) is 9.81. The van der Waals surface area contributed by atoms with E-state index in [4.69, 9.17) is 18.1 Å². The maximum Gasteiger partial charge on any atom is 0.136 e. The van der Waals surface area contributed by atoms with Crippen molar-refractivity contribution in [1.29, 1.82) is 0 Å².